The zero-order chi connectivity index (χ0) is 16.9. The zero-order valence-electron chi connectivity index (χ0n) is 12.6. The first-order chi connectivity index (χ1) is 11.6. The van der Waals surface area contributed by atoms with Gasteiger partial charge in [-0.1, -0.05) is 41.9 Å². The molecule has 1 heterocycles. The highest BCUT2D eigenvalue weighted by Crippen LogP contribution is 2.25. The molecule has 0 saturated carbocycles. The average molecular weight is 340 g/mol. The number of carbonyl (C=O) groups excluding carboxylic acids is 1. The molecule has 0 spiro atoms. The van der Waals surface area contributed by atoms with Crippen molar-refractivity contribution >= 4 is 23.8 Å². The summed E-state index contributed by atoms with van der Waals surface area (Å²) in [4.78, 5) is 10.8. The number of nitrogens with one attached hydrogen (secondary N) is 1. The van der Waals surface area contributed by atoms with E-state index in [0.717, 1.165) is 16.8 Å². The van der Waals surface area contributed by atoms with Crippen LogP contribution in [0.25, 0.3) is 16.9 Å². The molecule has 0 aliphatic rings. The number of urea groups is 1. The highest BCUT2D eigenvalue weighted by atomic mass is 35.5. The molecule has 0 unspecified atom stereocenters. The van der Waals surface area contributed by atoms with Crippen LogP contribution in [0.15, 0.2) is 65.9 Å². The number of hydrazone groups is 1. The fraction of sp³-hybridized carbons (Fsp3) is 0. The molecule has 0 saturated heterocycles. The molecule has 3 aromatic rings. The number of halogens is 1. The van der Waals surface area contributed by atoms with Crippen molar-refractivity contribution in [2.24, 2.45) is 10.8 Å². The molecule has 1 aromatic heterocycles. The lowest BCUT2D eigenvalue weighted by molar-refractivity contribution is 0.249. The molecule has 6 nitrogen and oxygen atoms in total. The Kier molecular flexibility index (Phi) is 4.58. The predicted octanol–water partition coefficient (Wildman–Crippen LogP) is 3.19. The molecule has 0 bridgehead atoms. The lowest BCUT2D eigenvalue weighted by Crippen LogP contribution is -2.24. The highest BCUT2D eigenvalue weighted by molar-refractivity contribution is 6.30. The summed E-state index contributed by atoms with van der Waals surface area (Å²) in [6, 6.07) is 16.3. The molecule has 0 aliphatic carbocycles. The topological polar surface area (TPSA) is 85.3 Å². The Morgan fingerprint density at radius 2 is 2.00 bits per heavy atom. The Labute approximate surface area is 143 Å². The number of nitrogens with zero attached hydrogens (tertiary/aromatic N) is 3. The Morgan fingerprint density at radius 3 is 2.71 bits per heavy atom. The monoisotopic (exact) mass is 339 g/mol. The van der Waals surface area contributed by atoms with Gasteiger partial charge >= 0.3 is 6.03 Å². The normalized spacial score (nSPS) is 10.9. The van der Waals surface area contributed by atoms with Gasteiger partial charge in [-0.2, -0.15) is 10.2 Å². The summed E-state index contributed by atoms with van der Waals surface area (Å²) in [5, 5.41) is 9.04. The zero-order valence-corrected chi connectivity index (χ0v) is 13.3. The average Bonchev–Trinajstić information content (AvgIpc) is 2.99. The quantitative estimate of drug-likeness (QED) is 0.565. The van der Waals surface area contributed by atoms with Gasteiger partial charge < -0.3 is 5.73 Å². The first-order valence-electron chi connectivity index (χ1n) is 7.13. The van der Waals surface area contributed by atoms with Crippen LogP contribution in [0, 0.1) is 0 Å². The molecule has 0 aliphatic heterocycles. The minimum absolute atomic E-state index is 0.611. The number of amides is 2. The summed E-state index contributed by atoms with van der Waals surface area (Å²) in [6.07, 6.45) is 3.31. The van der Waals surface area contributed by atoms with Gasteiger partial charge in [0.1, 0.15) is 5.69 Å². The van der Waals surface area contributed by atoms with Crippen molar-refractivity contribution in [1.29, 1.82) is 0 Å². The summed E-state index contributed by atoms with van der Waals surface area (Å²) >= 11 is 6.08. The second-order valence-corrected chi connectivity index (χ2v) is 5.39. The van der Waals surface area contributed by atoms with Crippen LogP contribution in [-0.4, -0.2) is 22.0 Å². The van der Waals surface area contributed by atoms with Crippen molar-refractivity contribution in [3.8, 4) is 16.9 Å². The van der Waals surface area contributed by atoms with E-state index in [2.05, 4.69) is 15.6 Å². The van der Waals surface area contributed by atoms with Crippen LogP contribution >= 0.6 is 11.6 Å². The molecular formula is C17H14ClN5O. The smallest absolute Gasteiger partial charge is 0.332 e. The van der Waals surface area contributed by atoms with Crippen LogP contribution in [0.4, 0.5) is 4.79 Å². The van der Waals surface area contributed by atoms with Gasteiger partial charge in [-0.05, 0) is 24.3 Å². The number of benzene rings is 2. The summed E-state index contributed by atoms with van der Waals surface area (Å²) in [5.74, 6) is 0. The molecule has 120 valence electrons. The number of aromatic nitrogens is 2. The first-order valence-corrected chi connectivity index (χ1v) is 7.51. The van der Waals surface area contributed by atoms with E-state index in [1.165, 1.54) is 6.21 Å². The van der Waals surface area contributed by atoms with Gasteiger partial charge in [0, 0.05) is 22.3 Å². The van der Waals surface area contributed by atoms with Crippen molar-refractivity contribution in [1.82, 2.24) is 15.2 Å². The Morgan fingerprint density at radius 1 is 1.21 bits per heavy atom. The second kappa shape index (κ2) is 6.97. The fourth-order valence-electron chi connectivity index (χ4n) is 2.22. The standard InChI is InChI=1S/C17H14ClN5O/c18-14-6-4-5-12(9-14)16-13(10-20-21-17(19)24)11-23(22-16)15-7-2-1-3-8-15/h1-11H,(H3,19,21,24)/b20-10-. The molecule has 3 rings (SSSR count). The molecule has 24 heavy (non-hydrogen) atoms. The molecule has 7 heteroatoms. The summed E-state index contributed by atoms with van der Waals surface area (Å²) in [6.45, 7) is 0. The number of hydrogen-bond donors (Lipinski definition) is 2. The van der Waals surface area contributed by atoms with Gasteiger partial charge in [-0.3, -0.25) is 0 Å². The fourth-order valence-corrected chi connectivity index (χ4v) is 2.41. The van der Waals surface area contributed by atoms with Crippen LogP contribution < -0.4 is 11.2 Å². The van der Waals surface area contributed by atoms with Gasteiger partial charge in [0.25, 0.3) is 0 Å². The lowest BCUT2D eigenvalue weighted by Gasteiger charge is -2.01. The van der Waals surface area contributed by atoms with Crippen molar-refractivity contribution in [3.63, 3.8) is 0 Å². The van der Waals surface area contributed by atoms with Crippen molar-refractivity contribution < 1.29 is 4.79 Å². The number of nitrogens with two attached hydrogens (primary N) is 1. The number of carbonyl (C=O) groups is 1. The number of hydrogen-bond acceptors (Lipinski definition) is 3. The second-order valence-electron chi connectivity index (χ2n) is 4.96. The number of primary amides is 1. The molecule has 2 amide bonds. The van der Waals surface area contributed by atoms with Crippen LogP contribution in [0.2, 0.25) is 5.02 Å². The van der Waals surface area contributed by atoms with Crippen molar-refractivity contribution in [2.45, 2.75) is 0 Å². The summed E-state index contributed by atoms with van der Waals surface area (Å²) in [5.41, 5.74) is 10.4. The van der Waals surface area contributed by atoms with E-state index >= 15 is 0 Å². The highest BCUT2D eigenvalue weighted by Gasteiger charge is 2.11. The number of rotatable bonds is 4. The van der Waals surface area contributed by atoms with E-state index in [-0.39, 0.29) is 0 Å². The van der Waals surface area contributed by atoms with Crippen LogP contribution in [0.3, 0.4) is 0 Å². The third kappa shape index (κ3) is 3.61. The van der Waals surface area contributed by atoms with E-state index in [0.29, 0.717) is 10.7 Å². The molecule has 3 N–H and O–H groups in total. The van der Waals surface area contributed by atoms with E-state index in [1.54, 1.807) is 10.7 Å². The molecule has 0 radical (unpaired) electrons. The third-order valence-electron chi connectivity index (χ3n) is 3.24. The Bertz CT molecular complexity index is 889. The van der Waals surface area contributed by atoms with E-state index in [4.69, 9.17) is 17.3 Å². The summed E-state index contributed by atoms with van der Waals surface area (Å²) in [7, 11) is 0. The maximum Gasteiger partial charge on any atom is 0.332 e. The summed E-state index contributed by atoms with van der Waals surface area (Å²) < 4.78 is 1.74. The maximum absolute atomic E-state index is 10.8. The van der Waals surface area contributed by atoms with Crippen molar-refractivity contribution in [3.05, 3.63) is 71.4 Å². The maximum atomic E-state index is 10.8. The van der Waals surface area contributed by atoms with Gasteiger partial charge in [0.2, 0.25) is 0 Å². The Balaban J connectivity index is 2.06. The van der Waals surface area contributed by atoms with Gasteiger partial charge in [-0.15, -0.1) is 0 Å². The van der Waals surface area contributed by atoms with Crippen LogP contribution in [0.5, 0.6) is 0 Å². The van der Waals surface area contributed by atoms with E-state index in [9.17, 15) is 4.79 Å². The molecule has 0 atom stereocenters. The minimum atomic E-state index is -0.731. The largest absolute Gasteiger partial charge is 0.350 e. The third-order valence-corrected chi connectivity index (χ3v) is 3.47. The number of para-hydroxylation sites is 1. The lowest BCUT2D eigenvalue weighted by atomic mass is 10.1. The molecule has 2 aromatic carbocycles. The molecule has 0 fully saturated rings. The minimum Gasteiger partial charge on any atom is -0.350 e. The Hall–Kier alpha value is -3.12. The SMILES string of the molecule is NC(=O)N/N=C\c1cn(-c2ccccc2)nc1-c1cccc(Cl)c1. The van der Waals surface area contributed by atoms with Gasteiger partial charge in [0.15, 0.2) is 0 Å². The van der Waals surface area contributed by atoms with Crippen molar-refractivity contribution in [2.75, 3.05) is 0 Å². The predicted molar refractivity (Wildman–Crippen MR) is 94.3 cm³/mol. The van der Waals surface area contributed by atoms with E-state index < -0.39 is 6.03 Å². The van der Waals surface area contributed by atoms with Crippen LogP contribution in [0.1, 0.15) is 5.56 Å². The van der Waals surface area contributed by atoms with Gasteiger partial charge in [0.05, 0.1) is 11.9 Å². The first kappa shape index (κ1) is 15.8. The van der Waals surface area contributed by atoms with E-state index in [1.807, 2.05) is 54.7 Å². The molecular weight excluding hydrogens is 326 g/mol. The van der Waals surface area contributed by atoms with Gasteiger partial charge in [-0.25, -0.2) is 14.9 Å². The van der Waals surface area contributed by atoms with Crippen LogP contribution in [-0.2, 0) is 0 Å².